The molecule has 0 aromatic heterocycles. The molecule has 0 amide bonds. The van der Waals surface area contributed by atoms with Gasteiger partial charge in [-0.1, -0.05) is 52.7 Å². The lowest BCUT2D eigenvalue weighted by Crippen LogP contribution is -2.28. The highest BCUT2D eigenvalue weighted by atomic mass is 16.5. The summed E-state index contributed by atoms with van der Waals surface area (Å²) < 4.78 is 11.4. The highest BCUT2D eigenvalue weighted by molar-refractivity contribution is 5.99. The van der Waals surface area contributed by atoms with E-state index in [0.717, 1.165) is 17.5 Å². The summed E-state index contributed by atoms with van der Waals surface area (Å²) in [6, 6.07) is 3.81. The monoisotopic (exact) mass is 442 g/mol. The summed E-state index contributed by atoms with van der Waals surface area (Å²) in [6.45, 7) is 9.07. The SMILES string of the molecule is CCCCC=CC(C)c1cc(O)c2c(c1)OC[C@@H]1CCC(C(=O)OCC(C)C)C(=O)C[C@@H]21. The van der Waals surface area contributed by atoms with Crippen LogP contribution in [0.3, 0.4) is 0 Å². The average Bonchev–Trinajstić information content (AvgIpc) is 2.92. The Morgan fingerprint density at radius 1 is 1.28 bits per heavy atom. The van der Waals surface area contributed by atoms with Gasteiger partial charge in [-0.15, -0.1) is 0 Å². The van der Waals surface area contributed by atoms with Gasteiger partial charge in [0.1, 0.15) is 23.2 Å². The molecule has 1 heterocycles. The van der Waals surface area contributed by atoms with Crippen LogP contribution in [0.4, 0.5) is 0 Å². The Morgan fingerprint density at radius 3 is 2.78 bits per heavy atom. The van der Waals surface area contributed by atoms with E-state index in [0.29, 0.717) is 31.8 Å². The molecule has 1 fully saturated rings. The third-order valence-electron chi connectivity index (χ3n) is 6.69. The number of allylic oxidation sites excluding steroid dienone is 2. The molecular formula is C27H38O5. The molecular weight excluding hydrogens is 404 g/mol. The maximum atomic E-state index is 13.0. The van der Waals surface area contributed by atoms with Gasteiger partial charge in [0.05, 0.1) is 13.2 Å². The molecule has 5 nitrogen and oxygen atoms in total. The van der Waals surface area contributed by atoms with E-state index >= 15 is 0 Å². The van der Waals surface area contributed by atoms with Crippen molar-refractivity contribution in [2.75, 3.05) is 13.2 Å². The molecule has 0 bridgehead atoms. The van der Waals surface area contributed by atoms with Gasteiger partial charge in [0.25, 0.3) is 0 Å². The molecule has 0 saturated heterocycles. The number of hydrogen-bond donors (Lipinski definition) is 1. The van der Waals surface area contributed by atoms with E-state index in [-0.39, 0.29) is 41.6 Å². The second-order valence-corrected chi connectivity index (χ2v) is 9.81. The van der Waals surface area contributed by atoms with Crippen LogP contribution in [0.5, 0.6) is 11.5 Å². The van der Waals surface area contributed by atoms with Crippen LogP contribution >= 0.6 is 0 Å². The molecule has 1 aromatic rings. The number of carbonyl (C=O) groups is 2. The van der Waals surface area contributed by atoms with E-state index in [2.05, 4.69) is 26.0 Å². The van der Waals surface area contributed by atoms with Gasteiger partial charge in [-0.05, 0) is 48.8 Å². The molecule has 176 valence electrons. The summed E-state index contributed by atoms with van der Waals surface area (Å²) in [4.78, 5) is 25.5. The van der Waals surface area contributed by atoms with E-state index in [1.54, 1.807) is 0 Å². The standard InChI is InChI=1S/C27H38O5/c1-5-6-7-8-9-18(4)20-12-24(29)26-22-14-23(28)21(27(30)32-15-17(2)3)11-10-19(22)16-31-25(26)13-20/h8-9,12-13,17-19,21-22,29H,5-7,10-11,14-16H2,1-4H3/t18?,19-,21?,22+/m0/s1. The molecule has 1 aliphatic carbocycles. The molecule has 2 unspecified atom stereocenters. The van der Waals surface area contributed by atoms with Crippen LogP contribution in [0.25, 0.3) is 0 Å². The van der Waals surface area contributed by atoms with Crippen molar-refractivity contribution in [3.8, 4) is 11.5 Å². The molecule has 5 heteroatoms. The van der Waals surface area contributed by atoms with Crippen molar-refractivity contribution in [1.29, 1.82) is 0 Å². The molecule has 2 aliphatic rings. The zero-order valence-electron chi connectivity index (χ0n) is 19.9. The largest absolute Gasteiger partial charge is 0.508 e. The minimum atomic E-state index is -0.711. The molecule has 1 aromatic carbocycles. The summed E-state index contributed by atoms with van der Waals surface area (Å²) in [6.07, 6.45) is 9.19. The summed E-state index contributed by atoms with van der Waals surface area (Å²) in [5, 5.41) is 10.9. The fraction of sp³-hybridized carbons (Fsp3) is 0.630. The van der Waals surface area contributed by atoms with Crippen molar-refractivity contribution >= 4 is 11.8 Å². The van der Waals surface area contributed by atoms with E-state index in [1.165, 1.54) is 12.8 Å². The van der Waals surface area contributed by atoms with Crippen molar-refractivity contribution in [2.24, 2.45) is 17.8 Å². The maximum absolute atomic E-state index is 13.0. The number of phenols is 1. The van der Waals surface area contributed by atoms with Gasteiger partial charge in [0, 0.05) is 23.8 Å². The Bertz CT molecular complexity index is 841. The Hall–Kier alpha value is -2.30. The first-order valence-corrected chi connectivity index (χ1v) is 12.2. The van der Waals surface area contributed by atoms with Gasteiger partial charge in [-0.3, -0.25) is 9.59 Å². The van der Waals surface area contributed by atoms with Gasteiger partial charge in [0.15, 0.2) is 0 Å². The summed E-state index contributed by atoms with van der Waals surface area (Å²) >= 11 is 0. The Balaban J connectivity index is 1.77. The normalized spacial score (nSPS) is 23.9. The van der Waals surface area contributed by atoms with Crippen LogP contribution in [-0.2, 0) is 14.3 Å². The van der Waals surface area contributed by atoms with E-state index in [9.17, 15) is 14.7 Å². The van der Waals surface area contributed by atoms with E-state index in [1.807, 2.05) is 26.0 Å². The van der Waals surface area contributed by atoms with E-state index < -0.39 is 11.9 Å². The minimum absolute atomic E-state index is 0.0881. The van der Waals surface area contributed by atoms with Gasteiger partial charge in [-0.2, -0.15) is 0 Å². The Labute approximate surface area is 192 Å². The van der Waals surface area contributed by atoms with Gasteiger partial charge in [0.2, 0.25) is 0 Å². The number of carbonyl (C=O) groups excluding carboxylic acids is 2. The lowest BCUT2D eigenvalue weighted by Gasteiger charge is -2.33. The molecule has 1 N–H and O–H groups in total. The first-order valence-electron chi connectivity index (χ1n) is 12.2. The molecule has 0 radical (unpaired) electrons. The number of aromatic hydroxyl groups is 1. The fourth-order valence-electron chi connectivity index (χ4n) is 4.72. The highest BCUT2D eigenvalue weighted by Crippen LogP contribution is 2.49. The number of esters is 1. The van der Waals surface area contributed by atoms with Crippen LogP contribution in [0, 0.1) is 17.8 Å². The fourth-order valence-corrected chi connectivity index (χ4v) is 4.72. The van der Waals surface area contributed by atoms with Crippen molar-refractivity contribution in [3.63, 3.8) is 0 Å². The minimum Gasteiger partial charge on any atom is -0.508 e. The Morgan fingerprint density at radius 2 is 2.06 bits per heavy atom. The predicted molar refractivity (Wildman–Crippen MR) is 125 cm³/mol. The number of phenolic OH excluding ortho intramolecular Hbond substituents is 1. The number of hydrogen-bond acceptors (Lipinski definition) is 5. The summed E-state index contributed by atoms with van der Waals surface area (Å²) in [7, 11) is 0. The molecule has 0 spiro atoms. The van der Waals surface area contributed by atoms with Crippen molar-refractivity contribution in [2.45, 2.75) is 78.1 Å². The van der Waals surface area contributed by atoms with Crippen LogP contribution in [0.1, 0.15) is 89.2 Å². The van der Waals surface area contributed by atoms with E-state index in [4.69, 9.17) is 9.47 Å². The number of unbranched alkanes of at least 4 members (excludes halogenated alkanes) is 2. The summed E-state index contributed by atoms with van der Waals surface area (Å²) in [5.41, 5.74) is 1.72. The zero-order chi connectivity index (χ0) is 23.3. The van der Waals surface area contributed by atoms with Crippen molar-refractivity contribution in [1.82, 2.24) is 0 Å². The number of rotatable bonds is 8. The molecule has 3 rings (SSSR count). The summed E-state index contributed by atoms with van der Waals surface area (Å²) in [5.74, 6) is 0.0337. The topological polar surface area (TPSA) is 72.8 Å². The second kappa shape index (κ2) is 11.0. The van der Waals surface area contributed by atoms with Gasteiger partial charge >= 0.3 is 5.97 Å². The van der Waals surface area contributed by atoms with Crippen LogP contribution in [0.2, 0.25) is 0 Å². The number of ketones is 1. The lowest BCUT2D eigenvalue weighted by atomic mass is 9.79. The number of fused-ring (bicyclic) bond motifs is 3. The average molecular weight is 443 g/mol. The maximum Gasteiger partial charge on any atom is 0.316 e. The zero-order valence-corrected chi connectivity index (χ0v) is 19.9. The predicted octanol–water partition coefficient (Wildman–Crippen LogP) is 5.90. The van der Waals surface area contributed by atoms with Crippen molar-refractivity contribution < 1.29 is 24.2 Å². The molecule has 1 saturated carbocycles. The first kappa shape index (κ1) is 24.3. The van der Waals surface area contributed by atoms with Gasteiger partial charge in [-0.25, -0.2) is 0 Å². The lowest BCUT2D eigenvalue weighted by molar-refractivity contribution is -0.153. The van der Waals surface area contributed by atoms with Gasteiger partial charge < -0.3 is 14.6 Å². The molecule has 32 heavy (non-hydrogen) atoms. The third kappa shape index (κ3) is 5.73. The highest BCUT2D eigenvalue weighted by Gasteiger charge is 2.41. The molecule has 1 aliphatic heterocycles. The van der Waals surface area contributed by atoms with Crippen LogP contribution < -0.4 is 4.74 Å². The third-order valence-corrected chi connectivity index (χ3v) is 6.69. The smallest absolute Gasteiger partial charge is 0.316 e. The number of benzene rings is 1. The number of ether oxygens (including phenoxy) is 2. The quantitative estimate of drug-likeness (QED) is 0.235. The number of Topliss-reactive ketones (excluding diaryl/α,β-unsaturated/α-hetero) is 1. The van der Waals surface area contributed by atoms with Crippen LogP contribution in [0.15, 0.2) is 24.3 Å². The van der Waals surface area contributed by atoms with Crippen molar-refractivity contribution in [3.05, 3.63) is 35.4 Å². The first-order chi connectivity index (χ1) is 15.3. The Kier molecular flexibility index (Phi) is 8.38. The second-order valence-electron chi connectivity index (χ2n) is 9.81. The van der Waals surface area contributed by atoms with Crippen LogP contribution in [-0.4, -0.2) is 30.1 Å². The molecule has 4 atom stereocenters.